The average Bonchev–Trinajstić information content (AvgIpc) is 3.43. The fraction of sp³-hybridized carbons (Fsp3) is 0.625. The molecule has 10 heteroatoms. The number of piperazine rings is 1. The van der Waals surface area contributed by atoms with Crippen molar-refractivity contribution in [3.63, 3.8) is 0 Å². The molecule has 7 rings (SSSR count). The first-order chi connectivity index (χ1) is 20.5. The molecule has 0 spiro atoms. The van der Waals surface area contributed by atoms with E-state index in [1.165, 1.54) is 0 Å². The summed E-state index contributed by atoms with van der Waals surface area (Å²) in [6.45, 7) is 4.67. The van der Waals surface area contributed by atoms with Crippen LogP contribution in [-0.2, 0) is 14.3 Å². The van der Waals surface area contributed by atoms with Gasteiger partial charge in [0.25, 0.3) is 5.91 Å². The van der Waals surface area contributed by atoms with Crippen molar-refractivity contribution >= 4 is 34.1 Å². The summed E-state index contributed by atoms with van der Waals surface area (Å²) >= 11 is 1.66. The zero-order valence-corrected chi connectivity index (χ0v) is 25.2. The molecule has 1 N–H and O–H groups in total. The smallest absolute Gasteiger partial charge is 0.251 e. The van der Waals surface area contributed by atoms with Crippen molar-refractivity contribution in [1.29, 1.82) is 0 Å². The normalized spacial score (nSPS) is 27.7. The van der Waals surface area contributed by atoms with E-state index in [1.54, 1.807) is 16.2 Å². The highest BCUT2D eigenvalue weighted by molar-refractivity contribution is 7.14. The maximum atomic E-state index is 14.2. The van der Waals surface area contributed by atoms with Crippen molar-refractivity contribution in [2.75, 3.05) is 51.3 Å². The molecule has 9 nitrogen and oxygen atoms in total. The largest absolute Gasteiger partial charge is 0.367 e. The molecule has 3 aliphatic heterocycles. The Bertz CT molecular complexity index is 1310. The van der Waals surface area contributed by atoms with Crippen LogP contribution in [0.5, 0.6) is 0 Å². The number of likely N-dealkylation sites (N-methyl/N-ethyl adjacent to an activating group) is 1. The van der Waals surface area contributed by atoms with E-state index in [0.717, 1.165) is 87.5 Å². The van der Waals surface area contributed by atoms with Crippen LogP contribution in [0.2, 0.25) is 0 Å². The summed E-state index contributed by atoms with van der Waals surface area (Å²) < 4.78 is 5.91. The van der Waals surface area contributed by atoms with Crippen LogP contribution in [0.15, 0.2) is 29.6 Å². The summed E-state index contributed by atoms with van der Waals surface area (Å²) in [5, 5.41) is 6.25. The average molecular weight is 592 g/mol. The zero-order chi connectivity index (χ0) is 28.8. The SMILES string of the molecule is CN1CCN(c2nc(-c3ccc(C(=O)N[C@H](C(=O)N4C[C@@H](C5CC5)[C@H]5OCC(=O)[C@H]54)C4CCCCC4)cc3)cs2)CC1. The molecular formula is C32H41N5O4S. The quantitative estimate of drug-likeness (QED) is 0.527. The van der Waals surface area contributed by atoms with Crippen LogP contribution in [-0.4, -0.2) is 96.9 Å². The number of carbonyl (C=O) groups is 3. The number of aromatic nitrogens is 1. The lowest BCUT2D eigenvalue weighted by Crippen LogP contribution is -2.55. The fourth-order valence-corrected chi connectivity index (χ4v) is 8.33. The van der Waals surface area contributed by atoms with E-state index in [9.17, 15) is 14.4 Å². The van der Waals surface area contributed by atoms with Crippen molar-refractivity contribution in [3.8, 4) is 11.3 Å². The lowest BCUT2D eigenvalue weighted by atomic mass is 9.83. The van der Waals surface area contributed by atoms with E-state index in [1.807, 2.05) is 24.3 Å². The van der Waals surface area contributed by atoms with Crippen LogP contribution in [0, 0.1) is 17.8 Å². The van der Waals surface area contributed by atoms with Gasteiger partial charge in [0.05, 0.1) is 11.8 Å². The Balaban J connectivity index is 1.06. The zero-order valence-electron chi connectivity index (χ0n) is 24.4. The predicted octanol–water partition coefficient (Wildman–Crippen LogP) is 3.45. The van der Waals surface area contributed by atoms with Crippen molar-refractivity contribution in [3.05, 3.63) is 35.2 Å². The van der Waals surface area contributed by atoms with Crippen LogP contribution in [0.1, 0.15) is 55.3 Å². The van der Waals surface area contributed by atoms with Crippen molar-refractivity contribution in [1.82, 2.24) is 20.1 Å². The van der Waals surface area contributed by atoms with Gasteiger partial charge >= 0.3 is 0 Å². The molecule has 2 aromatic rings. The number of rotatable bonds is 7. The van der Waals surface area contributed by atoms with Gasteiger partial charge in [0.2, 0.25) is 5.91 Å². The van der Waals surface area contributed by atoms with Gasteiger partial charge in [-0.25, -0.2) is 4.98 Å². The summed E-state index contributed by atoms with van der Waals surface area (Å²) in [5.41, 5.74) is 2.41. The number of anilines is 1. The summed E-state index contributed by atoms with van der Waals surface area (Å²) in [5.74, 6) is 0.487. The Hall–Kier alpha value is -2.82. The first kappa shape index (κ1) is 28.0. The number of ether oxygens (including phenoxy) is 1. The summed E-state index contributed by atoms with van der Waals surface area (Å²) in [6.07, 6.45) is 7.19. The van der Waals surface area contributed by atoms with Crippen molar-refractivity contribution in [2.45, 2.75) is 63.1 Å². The van der Waals surface area contributed by atoms with E-state index < -0.39 is 12.1 Å². The van der Waals surface area contributed by atoms with Gasteiger partial charge in [0.1, 0.15) is 18.7 Å². The molecule has 0 radical (unpaired) electrons. The Morgan fingerprint density at radius 3 is 2.48 bits per heavy atom. The lowest BCUT2D eigenvalue weighted by Gasteiger charge is -2.34. The molecule has 2 saturated carbocycles. The maximum absolute atomic E-state index is 14.2. The molecule has 1 aromatic heterocycles. The van der Waals surface area contributed by atoms with Crippen LogP contribution in [0.25, 0.3) is 11.3 Å². The maximum Gasteiger partial charge on any atom is 0.251 e. The molecule has 4 heterocycles. The first-order valence-electron chi connectivity index (χ1n) is 15.7. The number of nitrogens with zero attached hydrogens (tertiary/aromatic N) is 4. The van der Waals surface area contributed by atoms with Crippen LogP contribution in [0.4, 0.5) is 5.13 Å². The molecule has 0 unspecified atom stereocenters. The molecular weight excluding hydrogens is 550 g/mol. The lowest BCUT2D eigenvalue weighted by molar-refractivity contribution is -0.139. The summed E-state index contributed by atoms with van der Waals surface area (Å²) in [7, 11) is 2.15. The van der Waals surface area contributed by atoms with Crippen LogP contribution >= 0.6 is 11.3 Å². The number of carbonyl (C=O) groups excluding carboxylic acids is 3. The highest BCUT2D eigenvalue weighted by atomic mass is 32.1. The molecule has 0 bridgehead atoms. The van der Waals surface area contributed by atoms with E-state index >= 15 is 0 Å². The second kappa shape index (κ2) is 11.7. The molecule has 2 amide bonds. The second-order valence-electron chi connectivity index (χ2n) is 12.9. The van der Waals surface area contributed by atoms with Crippen molar-refractivity contribution in [2.24, 2.45) is 17.8 Å². The van der Waals surface area contributed by atoms with Gasteiger partial charge in [0.15, 0.2) is 10.9 Å². The second-order valence-corrected chi connectivity index (χ2v) is 13.7. The standard InChI is InChI=1S/C32H41N5O4S/c1-35-13-15-36(16-14-35)32-33-25(19-42-32)21-9-11-23(12-10-21)30(39)34-27(22-5-3-2-4-6-22)31(40)37-17-24(20-7-8-20)29-28(37)26(38)18-41-29/h9-12,19-20,22,24,27-29H,2-8,13-18H2,1H3,(H,34,39)/t24-,27-,28+,29+/m0/s1. The monoisotopic (exact) mass is 591 g/mol. The number of likely N-dealkylation sites (tertiary alicyclic amines) is 1. The number of nitrogens with one attached hydrogen (secondary N) is 1. The van der Waals surface area contributed by atoms with Gasteiger partial charge in [-0.1, -0.05) is 31.4 Å². The topological polar surface area (TPSA) is 95.1 Å². The van der Waals surface area contributed by atoms with Gasteiger partial charge in [-0.2, -0.15) is 0 Å². The molecule has 5 aliphatic rings. The van der Waals surface area contributed by atoms with E-state index in [0.29, 0.717) is 18.0 Å². The number of amides is 2. The first-order valence-corrected chi connectivity index (χ1v) is 16.6. The van der Waals surface area contributed by atoms with Gasteiger partial charge in [-0.3, -0.25) is 14.4 Å². The Labute approximate surface area is 251 Å². The van der Waals surface area contributed by atoms with Crippen molar-refractivity contribution < 1.29 is 19.1 Å². The van der Waals surface area contributed by atoms with Gasteiger partial charge < -0.3 is 24.8 Å². The third kappa shape index (κ3) is 5.49. The number of Topliss-reactive ketones (excluding diaryl/α,β-unsaturated/α-hetero) is 1. The molecule has 42 heavy (non-hydrogen) atoms. The van der Waals surface area contributed by atoms with Gasteiger partial charge in [-0.15, -0.1) is 11.3 Å². The molecule has 1 aromatic carbocycles. The highest BCUT2D eigenvalue weighted by Crippen LogP contribution is 2.46. The highest BCUT2D eigenvalue weighted by Gasteiger charge is 2.56. The Morgan fingerprint density at radius 2 is 1.76 bits per heavy atom. The minimum absolute atomic E-state index is 0.00127. The summed E-state index contributed by atoms with van der Waals surface area (Å²) in [4.78, 5) is 51.9. The van der Waals surface area contributed by atoms with Crippen LogP contribution in [0.3, 0.4) is 0 Å². The number of ketones is 1. The molecule has 3 saturated heterocycles. The molecule has 4 atom stereocenters. The predicted molar refractivity (Wildman–Crippen MR) is 162 cm³/mol. The molecule has 224 valence electrons. The third-order valence-corrected chi connectivity index (χ3v) is 11.0. The number of thiazole rings is 1. The molecule has 2 aliphatic carbocycles. The Morgan fingerprint density at radius 1 is 1.02 bits per heavy atom. The third-order valence-electron chi connectivity index (χ3n) is 10.1. The number of hydrogen-bond acceptors (Lipinski definition) is 8. The van der Waals surface area contributed by atoms with Gasteiger partial charge in [-0.05, 0) is 56.7 Å². The summed E-state index contributed by atoms with van der Waals surface area (Å²) in [6, 6.07) is 6.40. The minimum atomic E-state index is -0.630. The Kier molecular flexibility index (Phi) is 7.79. The minimum Gasteiger partial charge on any atom is -0.367 e. The van der Waals surface area contributed by atoms with Crippen LogP contribution < -0.4 is 10.2 Å². The van der Waals surface area contributed by atoms with E-state index in [4.69, 9.17) is 9.72 Å². The van der Waals surface area contributed by atoms with E-state index in [2.05, 4.69) is 27.5 Å². The molecule has 5 fully saturated rings. The number of hydrogen-bond donors (Lipinski definition) is 1. The number of benzene rings is 1. The number of fused-ring (bicyclic) bond motifs is 1. The van der Waals surface area contributed by atoms with Gasteiger partial charge in [0, 0.05) is 55.1 Å². The fourth-order valence-electron chi connectivity index (χ4n) is 7.44. The van der Waals surface area contributed by atoms with E-state index in [-0.39, 0.29) is 42.1 Å².